The molecule has 1 rings (SSSR count). The molecule has 0 N–H and O–H groups in total. The number of furan rings is 1. The summed E-state index contributed by atoms with van der Waals surface area (Å²) in [5.74, 6) is 0.671. The lowest BCUT2D eigenvalue weighted by Gasteiger charge is -2.00. The Balaban J connectivity index is 2.64. The molecule has 0 bridgehead atoms. The zero-order valence-electron chi connectivity index (χ0n) is 9.30. The maximum Gasteiger partial charge on any atom is 0.334 e. The van der Waals surface area contributed by atoms with Crippen LogP contribution in [0.15, 0.2) is 40.7 Å². The molecule has 0 amide bonds. The van der Waals surface area contributed by atoms with Crippen molar-refractivity contribution in [3.63, 3.8) is 0 Å². The molecule has 16 heavy (non-hydrogen) atoms. The summed E-state index contributed by atoms with van der Waals surface area (Å²) in [5, 5.41) is 0. The molecule has 0 fully saturated rings. The summed E-state index contributed by atoms with van der Waals surface area (Å²) in [6.07, 6.45) is 6.19. The lowest BCUT2D eigenvalue weighted by atomic mass is 10.3. The van der Waals surface area contributed by atoms with Crippen molar-refractivity contribution in [3.05, 3.63) is 42.1 Å². The van der Waals surface area contributed by atoms with Crippen LogP contribution in [0.5, 0.6) is 0 Å². The molecule has 0 aliphatic heterocycles. The second-order valence-corrected chi connectivity index (χ2v) is 2.85. The molecule has 0 spiro atoms. The van der Waals surface area contributed by atoms with Crippen LogP contribution in [-0.2, 0) is 14.3 Å². The molecular formula is C12H14O4. The molecule has 0 aromatic carbocycles. The number of methoxy groups -OCH3 is 1. The number of rotatable bonds is 5. The number of ether oxygens (including phenoxy) is 2. The van der Waals surface area contributed by atoms with Crippen molar-refractivity contribution in [2.45, 2.75) is 6.92 Å². The molecule has 1 aromatic rings. The van der Waals surface area contributed by atoms with Gasteiger partial charge in [0, 0.05) is 0 Å². The van der Waals surface area contributed by atoms with Crippen molar-refractivity contribution in [3.8, 4) is 0 Å². The summed E-state index contributed by atoms with van der Waals surface area (Å²) in [7, 11) is 1.48. The molecule has 86 valence electrons. The molecule has 1 heterocycles. The molecule has 0 atom stereocenters. The predicted molar refractivity (Wildman–Crippen MR) is 59.5 cm³/mol. The normalized spacial score (nSPS) is 11.8. The third-order valence-corrected chi connectivity index (χ3v) is 1.74. The van der Waals surface area contributed by atoms with Gasteiger partial charge in [-0.2, -0.15) is 0 Å². The Kier molecular flexibility index (Phi) is 4.92. The van der Waals surface area contributed by atoms with Crippen LogP contribution in [0.25, 0.3) is 6.08 Å². The summed E-state index contributed by atoms with van der Waals surface area (Å²) in [5.41, 5.74) is 0. The monoisotopic (exact) mass is 222 g/mol. The largest absolute Gasteiger partial charge is 0.496 e. The highest BCUT2D eigenvalue weighted by atomic mass is 16.5. The molecule has 0 unspecified atom stereocenters. The third kappa shape index (κ3) is 4.04. The quantitative estimate of drug-likeness (QED) is 0.332. The zero-order valence-corrected chi connectivity index (χ0v) is 9.30. The first-order valence-corrected chi connectivity index (χ1v) is 4.90. The SMILES string of the molecule is CCOC(=O)/C=C(/C=C/c1ccco1)OC. The van der Waals surface area contributed by atoms with Gasteiger partial charge >= 0.3 is 5.97 Å². The predicted octanol–water partition coefficient (Wildman–Crippen LogP) is 2.39. The van der Waals surface area contributed by atoms with E-state index in [1.807, 2.05) is 0 Å². The van der Waals surface area contributed by atoms with Crippen LogP contribution in [0, 0.1) is 0 Å². The van der Waals surface area contributed by atoms with Crippen molar-refractivity contribution in [1.29, 1.82) is 0 Å². The van der Waals surface area contributed by atoms with E-state index in [4.69, 9.17) is 13.9 Å². The number of hydrogen-bond donors (Lipinski definition) is 0. The van der Waals surface area contributed by atoms with Crippen LogP contribution in [0.1, 0.15) is 12.7 Å². The van der Waals surface area contributed by atoms with Crippen molar-refractivity contribution < 1.29 is 18.7 Å². The second-order valence-electron chi connectivity index (χ2n) is 2.85. The van der Waals surface area contributed by atoms with Crippen LogP contribution in [0.4, 0.5) is 0 Å². The van der Waals surface area contributed by atoms with E-state index >= 15 is 0 Å². The minimum Gasteiger partial charge on any atom is -0.496 e. The minimum absolute atomic E-state index is 0.341. The van der Waals surface area contributed by atoms with Crippen LogP contribution in [0.3, 0.4) is 0 Å². The van der Waals surface area contributed by atoms with Gasteiger partial charge in [-0.1, -0.05) is 0 Å². The van der Waals surface area contributed by atoms with Crippen molar-refractivity contribution >= 4 is 12.0 Å². The first-order chi connectivity index (χ1) is 7.76. The van der Waals surface area contributed by atoms with Gasteiger partial charge < -0.3 is 13.9 Å². The Bertz CT molecular complexity index is 374. The van der Waals surface area contributed by atoms with Gasteiger partial charge in [-0.25, -0.2) is 4.79 Å². The smallest absolute Gasteiger partial charge is 0.334 e. The molecule has 1 aromatic heterocycles. The van der Waals surface area contributed by atoms with Gasteiger partial charge in [0.1, 0.15) is 11.5 Å². The number of carbonyl (C=O) groups is 1. The van der Waals surface area contributed by atoms with Crippen LogP contribution >= 0.6 is 0 Å². The maximum atomic E-state index is 11.1. The lowest BCUT2D eigenvalue weighted by molar-refractivity contribution is -0.137. The summed E-state index contributed by atoms with van der Waals surface area (Å²) in [6, 6.07) is 3.58. The molecular weight excluding hydrogens is 208 g/mol. The molecule has 0 saturated heterocycles. The summed E-state index contributed by atoms with van der Waals surface area (Å²) >= 11 is 0. The van der Waals surface area contributed by atoms with Gasteiger partial charge in [0.25, 0.3) is 0 Å². The highest BCUT2D eigenvalue weighted by Crippen LogP contribution is 2.06. The van der Waals surface area contributed by atoms with Crippen molar-refractivity contribution in [2.24, 2.45) is 0 Å². The fraction of sp³-hybridized carbons (Fsp3) is 0.250. The van der Waals surface area contributed by atoms with E-state index in [-0.39, 0.29) is 0 Å². The lowest BCUT2D eigenvalue weighted by Crippen LogP contribution is -2.01. The van der Waals surface area contributed by atoms with Crippen LogP contribution in [0.2, 0.25) is 0 Å². The third-order valence-electron chi connectivity index (χ3n) is 1.74. The van der Waals surface area contributed by atoms with Crippen molar-refractivity contribution in [2.75, 3.05) is 13.7 Å². The molecule has 0 saturated carbocycles. The Morgan fingerprint density at radius 1 is 1.56 bits per heavy atom. The average Bonchev–Trinajstić information content (AvgIpc) is 2.77. The Morgan fingerprint density at radius 2 is 2.38 bits per heavy atom. The first-order valence-electron chi connectivity index (χ1n) is 4.90. The van der Waals surface area contributed by atoms with E-state index in [9.17, 15) is 4.79 Å². The molecule has 0 radical (unpaired) electrons. The van der Waals surface area contributed by atoms with E-state index < -0.39 is 5.97 Å². The fourth-order valence-electron chi connectivity index (χ4n) is 1.03. The number of allylic oxidation sites excluding steroid dienone is 1. The summed E-state index contributed by atoms with van der Waals surface area (Å²) in [4.78, 5) is 11.1. The van der Waals surface area contributed by atoms with Gasteiger partial charge in [0.15, 0.2) is 0 Å². The average molecular weight is 222 g/mol. The summed E-state index contributed by atoms with van der Waals surface area (Å²) < 4.78 is 14.9. The highest BCUT2D eigenvalue weighted by molar-refractivity contribution is 5.83. The second kappa shape index (κ2) is 6.50. The van der Waals surface area contributed by atoms with Crippen LogP contribution in [-0.4, -0.2) is 19.7 Å². The van der Waals surface area contributed by atoms with Crippen LogP contribution < -0.4 is 0 Å². The fourth-order valence-corrected chi connectivity index (χ4v) is 1.03. The van der Waals surface area contributed by atoms with E-state index in [1.165, 1.54) is 13.2 Å². The summed E-state index contributed by atoms with van der Waals surface area (Å²) in [6.45, 7) is 2.09. The first kappa shape index (κ1) is 12.1. The number of esters is 1. The van der Waals surface area contributed by atoms with Gasteiger partial charge in [-0.05, 0) is 31.2 Å². The zero-order chi connectivity index (χ0) is 11.8. The van der Waals surface area contributed by atoms with E-state index in [0.717, 1.165) is 0 Å². The highest BCUT2D eigenvalue weighted by Gasteiger charge is 1.99. The topological polar surface area (TPSA) is 48.7 Å². The Hall–Kier alpha value is -1.97. The Labute approximate surface area is 94.2 Å². The van der Waals surface area contributed by atoms with Gasteiger partial charge in [0.2, 0.25) is 0 Å². The van der Waals surface area contributed by atoms with E-state index in [2.05, 4.69) is 0 Å². The van der Waals surface area contributed by atoms with Gasteiger partial charge in [0.05, 0.1) is 26.1 Å². The molecule has 4 heteroatoms. The van der Waals surface area contributed by atoms with E-state index in [1.54, 1.807) is 37.5 Å². The van der Waals surface area contributed by atoms with Gasteiger partial charge in [-0.3, -0.25) is 0 Å². The number of hydrogen-bond acceptors (Lipinski definition) is 4. The van der Waals surface area contributed by atoms with E-state index in [0.29, 0.717) is 18.1 Å². The molecule has 0 aliphatic carbocycles. The maximum absolute atomic E-state index is 11.1. The van der Waals surface area contributed by atoms with Gasteiger partial charge in [-0.15, -0.1) is 0 Å². The Morgan fingerprint density at radius 3 is 2.94 bits per heavy atom. The standard InChI is InChI=1S/C12H14O4/c1-3-15-12(13)9-11(14-2)7-6-10-5-4-8-16-10/h4-9H,3H2,1-2H3/b7-6+,11-9-. The molecule has 0 aliphatic rings. The number of carbonyl (C=O) groups excluding carboxylic acids is 1. The van der Waals surface area contributed by atoms with Crippen molar-refractivity contribution in [1.82, 2.24) is 0 Å². The minimum atomic E-state index is -0.427. The molecule has 4 nitrogen and oxygen atoms in total.